The molecule has 0 radical (unpaired) electrons. The maximum Gasteiger partial charge on any atom is 0.0813 e. The zero-order chi connectivity index (χ0) is 27.3. The second-order valence-corrected chi connectivity index (χ2v) is 14.9. The SMILES string of the molecule is CCCCCC1CCC(C2CCC(CCC3CCC(c4ccc(CCCN(C)SOC)cc4)CC3)CC2)CC1. The third-order valence-electron chi connectivity index (χ3n) is 11.1. The van der Waals surface area contributed by atoms with E-state index in [1.165, 1.54) is 88.4 Å². The number of nitrogens with zero attached hydrogens (tertiary/aromatic N) is 1. The molecule has 0 aliphatic heterocycles. The van der Waals surface area contributed by atoms with Gasteiger partial charge in [-0.25, -0.2) is 4.31 Å². The molecule has 1 aromatic rings. The summed E-state index contributed by atoms with van der Waals surface area (Å²) in [7, 11) is 3.83. The summed E-state index contributed by atoms with van der Waals surface area (Å²) in [4.78, 5) is 0. The van der Waals surface area contributed by atoms with Crippen LogP contribution in [0.3, 0.4) is 0 Å². The van der Waals surface area contributed by atoms with Gasteiger partial charge in [-0.2, -0.15) is 0 Å². The maximum absolute atomic E-state index is 5.12. The summed E-state index contributed by atoms with van der Waals surface area (Å²) in [5, 5.41) is 0. The van der Waals surface area contributed by atoms with Crippen LogP contribution < -0.4 is 0 Å². The number of unbranched alkanes of at least 4 members (excludes halogenated alkanes) is 2. The van der Waals surface area contributed by atoms with E-state index in [0.717, 1.165) is 48.5 Å². The van der Waals surface area contributed by atoms with Gasteiger partial charge in [-0.1, -0.05) is 95.4 Å². The molecule has 1 aromatic carbocycles. The Morgan fingerprint density at radius 2 is 1.23 bits per heavy atom. The molecule has 0 aromatic heterocycles. The molecule has 0 spiro atoms. The molecule has 3 aliphatic carbocycles. The summed E-state index contributed by atoms with van der Waals surface area (Å²) in [6, 6.07) is 9.65. The highest BCUT2D eigenvalue weighted by Gasteiger charge is 2.31. The zero-order valence-corrected chi connectivity index (χ0v) is 26.7. The van der Waals surface area contributed by atoms with Crippen LogP contribution in [0, 0.1) is 29.6 Å². The maximum atomic E-state index is 5.12. The molecule has 4 rings (SSSR count). The largest absolute Gasteiger partial charge is 0.304 e. The Kier molecular flexibility index (Phi) is 14.1. The van der Waals surface area contributed by atoms with Crippen molar-refractivity contribution in [3.05, 3.63) is 35.4 Å². The molecule has 0 saturated heterocycles. The molecule has 0 atom stereocenters. The van der Waals surface area contributed by atoms with Gasteiger partial charge in [0.2, 0.25) is 0 Å². The van der Waals surface area contributed by atoms with Gasteiger partial charge >= 0.3 is 0 Å². The second kappa shape index (κ2) is 17.4. The lowest BCUT2D eigenvalue weighted by molar-refractivity contribution is 0.136. The molecule has 0 N–H and O–H groups in total. The minimum absolute atomic E-state index is 0.803. The van der Waals surface area contributed by atoms with Gasteiger partial charge in [0.25, 0.3) is 0 Å². The minimum Gasteiger partial charge on any atom is -0.304 e. The lowest BCUT2D eigenvalue weighted by Crippen LogP contribution is -2.26. The van der Waals surface area contributed by atoms with Crippen molar-refractivity contribution in [1.82, 2.24) is 4.31 Å². The van der Waals surface area contributed by atoms with Crippen molar-refractivity contribution < 1.29 is 4.18 Å². The quantitative estimate of drug-likeness (QED) is 0.121. The van der Waals surface area contributed by atoms with Gasteiger partial charge in [-0.15, -0.1) is 0 Å². The number of benzene rings is 1. The Morgan fingerprint density at radius 3 is 1.77 bits per heavy atom. The molecule has 3 fully saturated rings. The molecule has 3 aliphatic rings. The molecule has 222 valence electrons. The fourth-order valence-corrected chi connectivity index (χ4v) is 8.92. The van der Waals surface area contributed by atoms with E-state index in [2.05, 4.69) is 42.5 Å². The summed E-state index contributed by atoms with van der Waals surface area (Å²) >= 11 is 1.44. The van der Waals surface area contributed by atoms with E-state index in [1.54, 1.807) is 64.0 Å². The Balaban J connectivity index is 1.06. The van der Waals surface area contributed by atoms with Gasteiger partial charge < -0.3 is 4.18 Å². The van der Waals surface area contributed by atoms with Crippen LogP contribution in [0.5, 0.6) is 0 Å². The first kappa shape index (κ1) is 31.4. The molecule has 39 heavy (non-hydrogen) atoms. The minimum atomic E-state index is 0.803. The average Bonchev–Trinajstić information content (AvgIpc) is 2.98. The molecule has 0 unspecified atom stereocenters. The van der Waals surface area contributed by atoms with Gasteiger partial charge in [0.05, 0.1) is 19.3 Å². The number of hydrogen-bond acceptors (Lipinski definition) is 3. The predicted molar refractivity (Wildman–Crippen MR) is 171 cm³/mol. The van der Waals surface area contributed by atoms with E-state index >= 15 is 0 Å². The Hall–Kier alpha value is -0.510. The van der Waals surface area contributed by atoms with Gasteiger partial charge in [-0.3, -0.25) is 0 Å². The molecule has 3 heteroatoms. The highest BCUT2D eigenvalue weighted by molar-refractivity contribution is 7.92. The van der Waals surface area contributed by atoms with E-state index in [-0.39, 0.29) is 0 Å². The first-order valence-electron chi connectivity index (χ1n) is 17.1. The van der Waals surface area contributed by atoms with Crippen LogP contribution >= 0.6 is 12.2 Å². The van der Waals surface area contributed by atoms with E-state index < -0.39 is 0 Å². The van der Waals surface area contributed by atoms with Crippen LogP contribution in [0.15, 0.2) is 24.3 Å². The summed E-state index contributed by atoms with van der Waals surface area (Å²) in [6.07, 6.45) is 29.4. The smallest absolute Gasteiger partial charge is 0.0813 e. The van der Waals surface area contributed by atoms with Crippen LogP contribution in [0.4, 0.5) is 0 Å². The van der Waals surface area contributed by atoms with Gasteiger partial charge in [0.1, 0.15) is 0 Å². The Labute approximate surface area is 247 Å². The average molecular weight is 556 g/mol. The fourth-order valence-electron chi connectivity index (χ4n) is 8.46. The molecular weight excluding hydrogens is 494 g/mol. The van der Waals surface area contributed by atoms with Gasteiger partial charge in [-0.05, 0) is 118 Å². The number of aryl methyl sites for hydroxylation is 1. The first-order valence-corrected chi connectivity index (χ1v) is 17.8. The molecule has 2 nitrogen and oxygen atoms in total. The summed E-state index contributed by atoms with van der Waals surface area (Å²) in [5.41, 5.74) is 3.07. The van der Waals surface area contributed by atoms with Crippen molar-refractivity contribution in [3.63, 3.8) is 0 Å². The van der Waals surface area contributed by atoms with Crippen molar-refractivity contribution in [1.29, 1.82) is 0 Å². The highest BCUT2D eigenvalue weighted by Crippen LogP contribution is 2.44. The highest BCUT2D eigenvalue weighted by atomic mass is 32.2. The van der Waals surface area contributed by atoms with Crippen molar-refractivity contribution in [2.45, 2.75) is 141 Å². The van der Waals surface area contributed by atoms with E-state index in [1.807, 2.05) is 0 Å². The monoisotopic (exact) mass is 555 g/mol. The first-order chi connectivity index (χ1) is 19.1. The molecular formula is C36H61NOS. The third kappa shape index (κ3) is 10.7. The normalized spacial score (nSPS) is 30.1. The summed E-state index contributed by atoms with van der Waals surface area (Å²) < 4.78 is 7.29. The van der Waals surface area contributed by atoms with Crippen molar-refractivity contribution in [2.75, 3.05) is 20.7 Å². The van der Waals surface area contributed by atoms with E-state index in [9.17, 15) is 0 Å². The van der Waals surface area contributed by atoms with E-state index in [4.69, 9.17) is 4.18 Å². The van der Waals surface area contributed by atoms with Crippen LogP contribution in [-0.4, -0.2) is 25.0 Å². The van der Waals surface area contributed by atoms with Crippen molar-refractivity contribution >= 4 is 12.2 Å². The van der Waals surface area contributed by atoms with Crippen molar-refractivity contribution in [3.8, 4) is 0 Å². The third-order valence-corrected chi connectivity index (χ3v) is 11.7. The Bertz CT molecular complexity index is 757. The van der Waals surface area contributed by atoms with Gasteiger partial charge in [0, 0.05) is 6.54 Å². The molecule has 0 amide bonds. The fraction of sp³-hybridized carbons (Fsp3) is 0.833. The number of hydrogen-bond donors (Lipinski definition) is 0. The second-order valence-electron chi connectivity index (χ2n) is 13.8. The standard InChI is InChI=1S/C36H61NOS/c1-4-5-6-8-29-12-20-33(21-13-29)35-24-16-31(17-25-35)10-11-32-18-26-36(27-19-32)34-22-14-30(15-23-34)9-7-28-37(2)39-38-3/h14-15,22-23,29,31-33,35-36H,4-13,16-21,24-28H2,1-3H3. The Morgan fingerprint density at radius 1 is 0.692 bits per heavy atom. The van der Waals surface area contributed by atoms with Gasteiger partial charge in [0.15, 0.2) is 0 Å². The van der Waals surface area contributed by atoms with Crippen LogP contribution in [0.2, 0.25) is 0 Å². The van der Waals surface area contributed by atoms with Crippen LogP contribution in [0.1, 0.15) is 146 Å². The number of rotatable bonds is 15. The molecule has 0 heterocycles. The van der Waals surface area contributed by atoms with Crippen LogP contribution in [0.25, 0.3) is 0 Å². The molecule has 3 saturated carbocycles. The van der Waals surface area contributed by atoms with E-state index in [0.29, 0.717) is 0 Å². The summed E-state index contributed by atoms with van der Waals surface area (Å²) in [5.74, 6) is 6.08. The van der Waals surface area contributed by atoms with Crippen molar-refractivity contribution in [2.24, 2.45) is 29.6 Å². The molecule has 0 bridgehead atoms. The topological polar surface area (TPSA) is 12.5 Å². The predicted octanol–water partition coefficient (Wildman–Crippen LogP) is 11.0. The lowest BCUT2D eigenvalue weighted by atomic mass is 9.67. The van der Waals surface area contributed by atoms with Crippen LogP contribution in [-0.2, 0) is 10.6 Å². The summed E-state index contributed by atoms with van der Waals surface area (Å²) in [6.45, 7) is 3.40. The lowest BCUT2D eigenvalue weighted by Gasteiger charge is -2.38. The zero-order valence-electron chi connectivity index (χ0n) is 25.9.